The van der Waals surface area contributed by atoms with Crippen LogP contribution in [0.4, 0.5) is 17.2 Å². The number of benzene rings is 1. The highest BCUT2D eigenvalue weighted by Crippen LogP contribution is 2.16. The van der Waals surface area contributed by atoms with Crippen molar-refractivity contribution in [1.82, 2.24) is 4.98 Å². The van der Waals surface area contributed by atoms with Gasteiger partial charge < -0.3 is 16.2 Å². The number of hydrogen-bond acceptors (Lipinski definition) is 4. The summed E-state index contributed by atoms with van der Waals surface area (Å²) in [4.78, 5) is 4.16. The van der Waals surface area contributed by atoms with Gasteiger partial charge in [0.15, 0.2) is 0 Å². The van der Waals surface area contributed by atoms with Gasteiger partial charge in [-0.1, -0.05) is 12.1 Å². The Kier molecular flexibility index (Phi) is 3.03. The molecule has 0 saturated carbocycles. The van der Waals surface area contributed by atoms with Crippen LogP contribution in [0.3, 0.4) is 0 Å². The Bertz CT molecular complexity index is 468. The Labute approximate surface area is 93.8 Å². The number of pyridine rings is 1. The number of nitrogens with one attached hydrogen (secondary N) is 1. The molecule has 4 N–H and O–H groups in total. The van der Waals surface area contributed by atoms with Crippen molar-refractivity contribution in [2.45, 2.75) is 6.61 Å². The molecule has 0 aliphatic rings. The molecule has 1 aromatic heterocycles. The molecule has 0 atom stereocenters. The van der Waals surface area contributed by atoms with Gasteiger partial charge in [-0.2, -0.15) is 0 Å². The molecule has 2 aromatic rings. The largest absolute Gasteiger partial charge is 0.399 e. The van der Waals surface area contributed by atoms with Crippen LogP contribution in [0.15, 0.2) is 42.6 Å². The molecule has 0 amide bonds. The highest BCUT2D eigenvalue weighted by molar-refractivity contribution is 5.61. The summed E-state index contributed by atoms with van der Waals surface area (Å²) in [6.07, 6.45) is 1.63. The summed E-state index contributed by atoms with van der Waals surface area (Å²) in [5, 5.41) is 12.0. The summed E-state index contributed by atoms with van der Waals surface area (Å²) >= 11 is 0. The number of anilines is 3. The molecule has 0 unspecified atom stereocenters. The van der Waals surface area contributed by atoms with Crippen molar-refractivity contribution in [2.75, 3.05) is 11.1 Å². The maximum Gasteiger partial charge on any atom is 0.130 e. The summed E-state index contributed by atoms with van der Waals surface area (Å²) in [6, 6.07) is 11.1. The summed E-state index contributed by atoms with van der Waals surface area (Å²) in [5.74, 6) is 0.725. The van der Waals surface area contributed by atoms with E-state index in [1.54, 1.807) is 6.20 Å². The Morgan fingerprint density at radius 1 is 1.25 bits per heavy atom. The van der Waals surface area contributed by atoms with Crippen LogP contribution in [0.25, 0.3) is 0 Å². The van der Waals surface area contributed by atoms with E-state index in [-0.39, 0.29) is 6.61 Å². The van der Waals surface area contributed by atoms with Crippen LogP contribution < -0.4 is 11.1 Å². The molecule has 0 aliphatic carbocycles. The first-order valence-corrected chi connectivity index (χ1v) is 4.96. The van der Waals surface area contributed by atoms with Gasteiger partial charge in [0.25, 0.3) is 0 Å². The van der Waals surface area contributed by atoms with Crippen LogP contribution in [-0.2, 0) is 6.61 Å². The van der Waals surface area contributed by atoms with Crippen LogP contribution in [0.5, 0.6) is 0 Å². The fraction of sp³-hybridized carbons (Fsp3) is 0.0833. The summed E-state index contributed by atoms with van der Waals surface area (Å²) in [6.45, 7) is 0.00552. The number of hydrogen-bond donors (Lipinski definition) is 3. The van der Waals surface area contributed by atoms with Crippen molar-refractivity contribution in [3.05, 3.63) is 48.2 Å². The first-order valence-electron chi connectivity index (χ1n) is 4.96. The zero-order valence-electron chi connectivity index (χ0n) is 8.72. The number of aliphatic hydroxyl groups excluding tert-OH is 1. The quantitative estimate of drug-likeness (QED) is 0.684. The molecule has 1 aromatic carbocycles. The lowest BCUT2D eigenvalue weighted by atomic mass is 10.2. The lowest BCUT2D eigenvalue weighted by Crippen LogP contribution is -1.95. The van der Waals surface area contributed by atoms with Gasteiger partial charge in [-0.15, -0.1) is 0 Å². The van der Waals surface area contributed by atoms with Crippen molar-refractivity contribution in [1.29, 1.82) is 0 Å². The second-order valence-corrected chi connectivity index (χ2v) is 3.46. The fourth-order valence-corrected chi connectivity index (χ4v) is 1.36. The fourth-order valence-electron chi connectivity index (χ4n) is 1.36. The second kappa shape index (κ2) is 4.63. The molecule has 4 nitrogen and oxygen atoms in total. The molecule has 0 bridgehead atoms. The highest BCUT2D eigenvalue weighted by Gasteiger charge is 1.96. The van der Waals surface area contributed by atoms with Gasteiger partial charge in [0.1, 0.15) is 5.82 Å². The van der Waals surface area contributed by atoms with Gasteiger partial charge >= 0.3 is 0 Å². The molecule has 82 valence electrons. The zero-order valence-corrected chi connectivity index (χ0v) is 8.72. The molecular formula is C12H13N3O. The van der Waals surface area contributed by atoms with E-state index >= 15 is 0 Å². The first kappa shape index (κ1) is 10.4. The molecule has 2 rings (SSSR count). The van der Waals surface area contributed by atoms with E-state index in [0.717, 1.165) is 17.1 Å². The van der Waals surface area contributed by atoms with Crippen molar-refractivity contribution in [2.24, 2.45) is 0 Å². The van der Waals surface area contributed by atoms with E-state index in [1.807, 2.05) is 36.4 Å². The third kappa shape index (κ3) is 2.49. The van der Waals surface area contributed by atoms with Crippen LogP contribution in [0.1, 0.15) is 5.56 Å². The molecule has 0 aliphatic heterocycles. The minimum Gasteiger partial charge on any atom is -0.399 e. The third-order valence-corrected chi connectivity index (χ3v) is 2.17. The highest BCUT2D eigenvalue weighted by atomic mass is 16.3. The Balaban J connectivity index is 2.14. The minimum absolute atomic E-state index is 0.00552. The van der Waals surface area contributed by atoms with E-state index in [1.165, 1.54) is 0 Å². The summed E-state index contributed by atoms with van der Waals surface area (Å²) in [7, 11) is 0. The smallest absolute Gasteiger partial charge is 0.130 e. The Hall–Kier alpha value is -2.07. The molecule has 0 fully saturated rings. The first-order chi connectivity index (χ1) is 7.78. The third-order valence-electron chi connectivity index (χ3n) is 2.17. The van der Waals surface area contributed by atoms with E-state index < -0.39 is 0 Å². The average molecular weight is 215 g/mol. The lowest BCUT2D eigenvalue weighted by Gasteiger charge is -2.06. The Morgan fingerprint density at radius 2 is 2.12 bits per heavy atom. The molecule has 0 spiro atoms. The molecule has 16 heavy (non-hydrogen) atoms. The standard InChI is InChI=1S/C12H13N3O/c13-10-2-1-3-11(6-10)15-12-5-4-9(8-16)7-14-12/h1-7,16H,8,13H2,(H,14,15). The van der Waals surface area contributed by atoms with Crippen molar-refractivity contribution >= 4 is 17.2 Å². The van der Waals surface area contributed by atoms with Gasteiger partial charge in [0, 0.05) is 17.6 Å². The topological polar surface area (TPSA) is 71.2 Å². The summed E-state index contributed by atoms with van der Waals surface area (Å²) in [5.41, 5.74) is 8.05. The molecule has 4 heteroatoms. The van der Waals surface area contributed by atoms with E-state index in [0.29, 0.717) is 5.69 Å². The number of nitrogen functional groups attached to an aromatic ring is 1. The van der Waals surface area contributed by atoms with Gasteiger partial charge in [-0.25, -0.2) is 4.98 Å². The maximum absolute atomic E-state index is 8.88. The van der Waals surface area contributed by atoms with Crippen molar-refractivity contribution in [3.8, 4) is 0 Å². The zero-order chi connectivity index (χ0) is 11.4. The molecular weight excluding hydrogens is 202 g/mol. The van der Waals surface area contributed by atoms with Crippen LogP contribution >= 0.6 is 0 Å². The predicted octanol–water partition coefficient (Wildman–Crippen LogP) is 1.90. The predicted molar refractivity (Wildman–Crippen MR) is 64.3 cm³/mol. The monoisotopic (exact) mass is 215 g/mol. The molecule has 0 radical (unpaired) electrons. The van der Waals surface area contributed by atoms with E-state index in [9.17, 15) is 0 Å². The number of aromatic nitrogens is 1. The van der Waals surface area contributed by atoms with E-state index in [4.69, 9.17) is 10.8 Å². The molecule has 1 heterocycles. The SMILES string of the molecule is Nc1cccc(Nc2ccc(CO)cn2)c1. The second-order valence-electron chi connectivity index (χ2n) is 3.46. The maximum atomic E-state index is 8.88. The average Bonchev–Trinajstić information content (AvgIpc) is 2.30. The van der Waals surface area contributed by atoms with Crippen molar-refractivity contribution in [3.63, 3.8) is 0 Å². The van der Waals surface area contributed by atoms with E-state index in [2.05, 4.69) is 10.3 Å². The van der Waals surface area contributed by atoms with Crippen LogP contribution in [0, 0.1) is 0 Å². The van der Waals surface area contributed by atoms with Crippen molar-refractivity contribution < 1.29 is 5.11 Å². The molecule has 0 saturated heterocycles. The Morgan fingerprint density at radius 3 is 2.75 bits per heavy atom. The van der Waals surface area contributed by atoms with Gasteiger partial charge in [-0.3, -0.25) is 0 Å². The number of rotatable bonds is 3. The van der Waals surface area contributed by atoms with Crippen LogP contribution in [0.2, 0.25) is 0 Å². The number of nitrogens with two attached hydrogens (primary N) is 1. The number of aliphatic hydroxyl groups is 1. The van der Waals surface area contributed by atoms with Gasteiger partial charge in [-0.05, 0) is 29.8 Å². The lowest BCUT2D eigenvalue weighted by molar-refractivity contribution is 0.281. The number of nitrogens with zero attached hydrogens (tertiary/aromatic N) is 1. The van der Waals surface area contributed by atoms with Gasteiger partial charge in [0.05, 0.1) is 6.61 Å². The normalized spacial score (nSPS) is 10.1. The minimum atomic E-state index is 0.00552. The van der Waals surface area contributed by atoms with Gasteiger partial charge in [0.2, 0.25) is 0 Å². The van der Waals surface area contributed by atoms with Crippen LogP contribution in [-0.4, -0.2) is 10.1 Å². The summed E-state index contributed by atoms with van der Waals surface area (Å²) < 4.78 is 0.